The van der Waals surface area contributed by atoms with Crippen molar-refractivity contribution in [3.05, 3.63) is 96.1 Å². The molecule has 35 heavy (non-hydrogen) atoms. The lowest BCUT2D eigenvalue weighted by Crippen LogP contribution is -2.04. The molecule has 10 heteroatoms. The molecule has 0 spiro atoms. The lowest BCUT2D eigenvalue weighted by Gasteiger charge is -2.12. The largest absolute Gasteiger partial charge is 0.508 e. The van der Waals surface area contributed by atoms with E-state index < -0.39 is 19.7 Å². The highest BCUT2D eigenvalue weighted by molar-refractivity contribution is 7.91. The highest BCUT2D eigenvalue weighted by Gasteiger charge is 2.22. The molecule has 0 saturated heterocycles. The van der Waals surface area contributed by atoms with Gasteiger partial charge < -0.3 is 20.4 Å². The fraction of sp³-hybridized carbons (Fsp3) is 0.0400. The molecule has 8 nitrogen and oxygen atoms in total. The summed E-state index contributed by atoms with van der Waals surface area (Å²) in [5.74, 6) is -0.650. The molecular formula is C25H20O8S2. The van der Waals surface area contributed by atoms with Gasteiger partial charge in [-0.25, -0.2) is 16.8 Å². The molecule has 0 radical (unpaired) electrons. The number of benzene rings is 4. The minimum Gasteiger partial charge on any atom is -0.508 e. The van der Waals surface area contributed by atoms with Crippen molar-refractivity contribution in [2.24, 2.45) is 0 Å². The van der Waals surface area contributed by atoms with Gasteiger partial charge in [0.2, 0.25) is 19.7 Å². The molecule has 0 aliphatic rings. The Morgan fingerprint density at radius 2 is 0.771 bits per heavy atom. The second kappa shape index (κ2) is 8.97. The molecule has 0 fully saturated rings. The van der Waals surface area contributed by atoms with E-state index in [-0.39, 0.29) is 60.1 Å². The summed E-state index contributed by atoms with van der Waals surface area (Å²) in [7, 11) is -7.94. The van der Waals surface area contributed by atoms with Crippen LogP contribution in [0.25, 0.3) is 0 Å². The van der Waals surface area contributed by atoms with E-state index in [2.05, 4.69) is 0 Å². The second-order valence-corrected chi connectivity index (χ2v) is 11.7. The quantitative estimate of drug-likeness (QED) is 0.305. The standard InChI is InChI=1S/C25H20O8S2/c26-18-1-5-20(6-2-18)34(30,31)22-9-11-24(28)16(14-22)13-17-15-23(10-12-25(17)29)35(32,33)21-7-3-19(27)4-8-21/h1-12,14-15,26-29H,13H2. The van der Waals surface area contributed by atoms with Crippen LogP contribution in [0.5, 0.6) is 23.0 Å². The Kier molecular flexibility index (Phi) is 6.18. The zero-order valence-corrected chi connectivity index (χ0v) is 19.7. The highest BCUT2D eigenvalue weighted by atomic mass is 32.2. The van der Waals surface area contributed by atoms with E-state index >= 15 is 0 Å². The predicted octanol–water partition coefficient (Wildman–Crippen LogP) is 3.77. The van der Waals surface area contributed by atoms with Crippen LogP contribution in [0.2, 0.25) is 0 Å². The molecule has 0 heterocycles. The number of rotatable bonds is 6. The molecule has 4 N–H and O–H groups in total. The molecule has 0 bridgehead atoms. The first-order valence-corrected chi connectivity index (χ1v) is 13.2. The summed E-state index contributed by atoms with van der Waals surface area (Å²) in [4.78, 5) is -0.361. The first-order valence-electron chi connectivity index (χ1n) is 10.2. The van der Waals surface area contributed by atoms with Crippen molar-refractivity contribution in [1.29, 1.82) is 0 Å². The van der Waals surface area contributed by atoms with Crippen molar-refractivity contribution in [1.82, 2.24) is 0 Å². The molecule has 4 aromatic rings. The molecule has 0 aromatic heterocycles. The van der Waals surface area contributed by atoms with Gasteiger partial charge in [-0.2, -0.15) is 0 Å². The summed E-state index contributed by atoms with van der Waals surface area (Å²) in [6.07, 6.45) is -0.157. The third-order valence-electron chi connectivity index (χ3n) is 5.40. The Morgan fingerprint density at radius 1 is 0.457 bits per heavy atom. The van der Waals surface area contributed by atoms with E-state index in [1.165, 1.54) is 84.9 Å². The Bertz CT molecular complexity index is 1480. The Labute approximate surface area is 201 Å². The zero-order chi connectivity index (χ0) is 25.4. The van der Waals surface area contributed by atoms with Gasteiger partial charge in [-0.15, -0.1) is 0 Å². The van der Waals surface area contributed by atoms with E-state index in [1.54, 1.807) is 0 Å². The van der Waals surface area contributed by atoms with Gasteiger partial charge in [-0.05, 0) is 96.1 Å². The van der Waals surface area contributed by atoms with Crippen LogP contribution in [0, 0.1) is 0 Å². The van der Waals surface area contributed by atoms with Crippen molar-refractivity contribution in [3.8, 4) is 23.0 Å². The Hall–Kier alpha value is -4.02. The van der Waals surface area contributed by atoms with Crippen LogP contribution in [0.4, 0.5) is 0 Å². The van der Waals surface area contributed by atoms with Gasteiger partial charge in [0.15, 0.2) is 0 Å². The van der Waals surface area contributed by atoms with Gasteiger partial charge in [-0.3, -0.25) is 0 Å². The molecule has 0 saturated carbocycles. The maximum atomic E-state index is 13.0. The summed E-state index contributed by atoms with van der Waals surface area (Å²) in [6.45, 7) is 0. The van der Waals surface area contributed by atoms with Crippen LogP contribution in [0.15, 0.2) is 105 Å². The van der Waals surface area contributed by atoms with Crippen LogP contribution in [0.3, 0.4) is 0 Å². The average molecular weight is 513 g/mol. The van der Waals surface area contributed by atoms with E-state index in [1.807, 2.05) is 0 Å². The van der Waals surface area contributed by atoms with Crippen molar-refractivity contribution in [2.75, 3.05) is 0 Å². The fourth-order valence-electron chi connectivity index (χ4n) is 3.47. The Balaban J connectivity index is 1.72. The monoisotopic (exact) mass is 512 g/mol. The lowest BCUT2D eigenvalue weighted by atomic mass is 10.0. The van der Waals surface area contributed by atoms with Gasteiger partial charge in [0, 0.05) is 6.42 Å². The van der Waals surface area contributed by atoms with E-state index in [9.17, 15) is 37.3 Å². The average Bonchev–Trinajstić information content (AvgIpc) is 2.82. The van der Waals surface area contributed by atoms with Crippen molar-refractivity contribution < 1.29 is 37.3 Å². The van der Waals surface area contributed by atoms with Crippen molar-refractivity contribution >= 4 is 19.7 Å². The number of hydrogen-bond donors (Lipinski definition) is 4. The smallest absolute Gasteiger partial charge is 0.206 e. The SMILES string of the molecule is O=S(=O)(c1ccc(O)cc1)c1ccc(O)c(Cc2cc(S(=O)(=O)c3ccc(O)cc3)ccc2O)c1. The number of hydrogen-bond acceptors (Lipinski definition) is 8. The fourth-order valence-corrected chi connectivity index (χ4v) is 6.09. The Morgan fingerprint density at radius 3 is 1.11 bits per heavy atom. The summed E-state index contributed by atoms with van der Waals surface area (Å²) in [5, 5.41) is 39.5. The molecule has 0 amide bonds. The van der Waals surface area contributed by atoms with Crippen LogP contribution in [0.1, 0.15) is 11.1 Å². The first kappa shape index (κ1) is 24.1. The predicted molar refractivity (Wildman–Crippen MR) is 126 cm³/mol. The number of sulfone groups is 2. The van der Waals surface area contributed by atoms with Gasteiger partial charge in [0.05, 0.1) is 19.6 Å². The highest BCUT2D eigenvalue weighted by Crippen LogP contribution is 2.32. The number of aromatic hydroxyl groups is 4. The van der Waals surface area contributed by atoms with Crippen LogP contribution in [-0.4, -0.2) is 37.3 Å². The molecular weight excluding hydrogens is 492 g/mol. The molecule has 180 valence electrons. The molecule has 0 aliphatic heterocycles. The molecule has 0 atom stereocenters. The van der Waals surface area contributed by atoms with Crippen LogP contribution in [-0.2, 0) is 26.1 Å². The first-order chi connectivity index (χ1) is 16.5. The topological polar surface area (TPSA) is 149 Å². The normalized spacial score (nSPS) is 11.9. The van der Waals surface area contributed by atoms with Gasteiger partial charge in [-0.1, -0.05) is 0 Å². The van der Waals surface area contributed by atoms with E-state index in [0.29, 0.717) is 0 Å². The second-order valence-electron chi connectivity index (χ2n) is 7.75. The lowest BCUT2D eigenvalue weighted by molar-refractivity contribution is 0.462. The third kappa shape index (κ3) is 4.79. The van der Waals surface area contributed by atoms with Crippen LogP contribution >= 0.6 is 0 Å². The minimum atomic E-state index is -3.97. The summed E-state index contributed by atoms with van der Waals surface area (Å²) in [6, 6.07) is 17.3. The molecule has 0 unspecified atom stereocenters. The summed E-state index contributed by atoms with van der Waals surface area (Å²) in [5.41, 5.74) is 0.304. The van der Waals surface area contributed by atoms with Crippen LogP contribution < -0.4 is 0 Å². The molecule has 4 rings (SSSR count). The minimum absolute atomic E-state index is 0.0585. The third-order valence-corrected chi connectivity index (χ3v) is 8.93. The van der Waals surface area contributed by atoms with Gasteiger partial charge in [0.25, 0.3) is 0 Å². The summed E-state index contributed by atoms with van der Waals surface area (Å²) < 4.78 is 51.9. The van der Waals surface area contributed by atoms with E-state index in [0.717, 1.165) is 0 Å². The van der Waals surface area contributed by atoms with Gasteiger partial charge in [0.1, 0.15) is 23.0 Å². The molecule has 0 aliphatic carbocycles. The number of phenolic OH excluding ortho intramolecular Hbond substituents is 4. The van der Waals surface area contributed by atoms with Crippen molar-refractivity contribution in [2.45, 2.75) is 26.0 Å². The van der Waals surface area contributed by atoms with E-state index in [4.69, 9.17) is 0 Å². The maximum absolute atomic E-state index is 13.0. The summed E-state index contributed by atoms with van der Waals surface area (Å²) >= 11 is 0. The number of phenols is 4. The zero-order valence-electron chi connectivity index (χ0n) is 18.0. The maximum Gasteiger partial charge on any atom is 0.206 e. The molecule has 4 aromatic carbocycles. The van der Waals surface area contributed by atoms with Crippen molar-refractivity contribution in [3.63, 3.8) is 0 Å². The van der Waals surface area contributed by atoms with Gasteiger partial charge >= 0.3 is 0 Å².